The molecule has 2 atom stereocenters. The van der Waals surface area contributed by atoms with Gasteiger partial charge in [-0.3, -0.25) is 4.79 Å². The number of carboxylic acids is 1. The van der Waals surface area contributed by atoms with E-state index in [1.54, 1.807) is 25.3 Å². The molecular weight excluding hydrogens is 310 g/mol. The average Bonchev–Trinajstić information content (AvgIpc) is 2.61. The Morgan fingerprint density at radius 3 is 2.12 bits per heavy atom. The molecule has 24 heavy (non-hydrogen) atoms. The summed E-state index contributed by atoms with van der Waals surface area (Å²) >= 11 is 0. The molecule has 1 aromatic carbocycles. The zero-order chi connectivity index (χ0) is 17.3. The third-order valence-corrected chi connectivity index (χ3v) is 5.45. The number of anilines is 1. The Bertz CT molecular complexity index is 636. The number of nitrogens with one attached hydrogen (secondary N) is 1. The number of carbonyl (C=O) groups is 2. The standard InChI is InChI=1S/C18H23NO5/c1-23-13-8-7-12(9-14(13)24-2)19-17(20)15-10-3-5-11(6-4-10)16(15)18(21)22/h7-11,15-16H,3-6H2,1-2H3,(H,19,20)(H,21,22)/p-1/t10?,11?,15-,16-/m0/s1. The van der Waals surface area contributed by atoms with E-state index < -0.39 is 17.8 Å². The molecule has 3 aliphatic carbocycles. The van der Waals surface area contributed by atoms with Crippen molar-refractivity contribution >= 4 is 17.6 Å². The normalized spacial score (nSPS) is 28.2. The first-order valence-corrected chi connectivity index (χ1v) is 8.29. The van der Waals surface area contributed by atoms with Gasteiger partial charge in [-0.1, -0.05) is 0 Å². The van der Waals surface area contributed by atoms with Crippen molar-refractivity contribution in [1.82, 2.24) is 0 Å². The number of methoxy groups -OCH3 is 2. The molecule has 2 bridgehead atoms. The van der Waals surface area contributed by atoms with E-state index in [1.807, 2.05) is 0 Å². The number of ether oxygens (including phenoxy) is 2. The van der Waals surface area contributed by atoms with Crippen LogP contribution in [-0.2, 0) is 9.59 Å². The molecule has 3 fully saturated rings. The molecule has 4 rings (SSSR count). The molecule has 1 N–H and O–H groups in total. The first-order chi connectivity index (χ1) is 11.5. The minimum Gasteiger partial charge on any atom is -0.550 e. The molecule has 0 aromatic heterocycles. The van der Waals surface area contributed by atoms with Gasteiger partial charge in [-0.25, -0.2) is 0 Å². The Balaban J connectivity index is 1.80. The first-order valence-electron chi connectivity index (χ1n) is 8.29. The highest BCUT2D eigenvalue weighted by atomic mass is 16.5. The quantitative estimate of drug-likeness (QED) is 0.881. The summed E-state index contributed by atoms with van der Waals surface area (Å²) in [5, 5.41) is 14.4. The smallest absolute Gasteiger partial charge is 0.228 e. The predicted octanol–water partition coefficient (Wildman–Crippen LogP) is 1.44. The van der Waals surface area contributed by atoms with Gasteiger partial charge in [-0.15, -0.1) is 0 Å². The number of hydrogen-bond donors (Lipinski definition) is 1. The average molecular weight is 332 g/mol. The van der Waals surface area contributed by atoms with Gasteiger partial charge in [0.25, 0.3) is 0 Å². The maximum Gasteiger partial charge on any atom is 0.228 e. The van der Waals surface area contributed by atoms with E-state index >= 15 is 0 Å². The van der Waals surface area contributed by atoms with Crippen LogP contribution in [0.3, 0.4) is 0 Å². The van der Waals surface area contributed by atoms with Crippen LogP contribution in [0.5, 0.6) is 11.5 Å². The van der Waals surface area contributed by atoms with Crippen LogP contribution in [0, 0.1) is 23.7 Å². The first kappa shape index (κ1) is 16.6. The van der Waals surface area contributed by atoms with E-state index in [9.17, 15) is 14.7 Å². The van der Waals surface area contributed by atoms with Crippen LogP contribution in [0.2, 0.25) is 0 Å². The molecule has 0 unspecified atom stereocenters. The van der Waals surface area contributed by atoms with Crippen molar-refractivity contribution in [3.05, 3.63) is 18.2 Å². The highest BCUT2D eigenvalue weighted by molar-refractivity contribution is 5.95. The van der Waals surface area contributed by atoms with Crippen molar-refractivity contribution in [1.29, 1.82) is 0 Å². The lowest BCUT2D eigenvalue weighted by atomic mass is 9.58. The molecule has 0 aliphatic heterocycles. The summed E-state index contributed by atoms with van der Waals surface area (Å²) in [6.07, 6.45) is 3.59. The van der Waals surface area contributed by atoms with Crippen molar-refractivity contribution in [2.75, 3.05) is 19.5 Å². The van der Waals surface area contributed by atoms with Gasteiger partial charge < -0.3 is 24.7 Å². The molecule has 0 saturated heterocycles. The second-order valence-corrected chi connectivity index (χ2v) is 6.60. The Kier molecular flexibility index (Phi) is 4.64. The maximum absolute atomic E-state index is 12.8. The molecule has 1 amide bonds. The summed E-state index contributed by atoms with van der Waals surface area (Å²) in [5.74, 6) is -1.29. The minimum absolute atomic E-state index is 0.0566. The molecule has 6 nitrogen and oxygen atoms in total. The molecule has 1 aromatic rings. The van der Waals surface area contributed by atoms with E-state index in [1.165, 1.54) is 7.11 Å². The molecule has 3 saturated carbocycles. The van der Waals surface area contributed by atoms with Crippen LogP contribution < -0.4 is 19.9 Å². The number of fused-ring (bicyclic) bond motifs is 3. The number of hydrogen-bond acceptors (Lipinski definition) is 5. The SMILES string of the molecule is COc1ccc(NC(=O)[C@H]2C3CCC(CC3)[C@@H]2C(=O)[O-])cc1OC. The van der Waals surface area contributed by atoms with Crippen molar-refractivity contribution in [2.45, 2.75) is 25.7 Å². The van der Waals surface area contributed by atoms with Crippen molar-refractivity contribution in [3.63, 3.8) is 0 Å². The molecule has 6 heteroatoms. The van der Waals surface area contributed by atoms with Gasteiger partial charge in [-0.05, 0) is 49.7 Å². The second kappa shape index (κ2) is 6.71. The highest BCUT2D eigenvalue weighted by Crippen LogP contribution is 2.49. The van der Waals surface area contributed by atoms with Crippen molar-refractivity contribution in [3.8, 4) is 11.5 Å². The van der Waals surface area contributed by atoms with Crippen molar-refractivity contribution in [2.24, 2.45) is 23.7 Å². The number of benzene rings is 1. The van der Waals surface area contributed by atoms with Crippen LogP contribution >= 0.6 is 0 Å². The summed E-state index contributed by atoms with van der Waals surface area (Å²) in [4.78, 5) is 24.3. The minimum atomic E-state index is -1.10. The number of carbonyl (C=O) groups excluding carboxylic acids is 2. The Hall–Kier alpha value is -2.24. The van der Waals surface area contributed by atoms with Gasteiger partial charge in [-0.2, -0.15) is 0 Å². The topological polar surface area (TPSA) is 87.7 Å². The van der Waals surface area contributed by atoms with Crippen LogP contribution in [0.1, 0.15) is 25.7 Å². The number of aliphatic carboxylic acids is 1. The van der Waals surface area contributed by atoms with Gasteiger partial charge in [0.15, 0.2) is 11.5 Å². The zero-order valence-corrected chi connectivity index (χ0v) is 13.9. The Morgan fingerprint density at radius 2 is 1.58 bits per heavy atom. The van der Waals surface area contributed by atoms with Crippen LogP contribution in [0.25, 0.3) is 0 Å². The lowest BCUT2D eigenvalue weighted by Gasteiger charge is -2.48. The van der Waals surface area contributed by atoms with E-state index in [0.717, 1.165) is 25.7 Å². The molecule has 0 radical (unpaired) electrons. The molecule has 130 valence electrons. The third-order valence-electron chi connectivity index (χ3n) is 5.45. The largest absolute Gasteiger partial charge is 0.550 e. The highest BCUT2D eigenvalue weighted by Gasteiger charge is 2.47. The van der Waals surface area contributed by atoms with E-state index in [2.05, 4.69) is 5.32 Å². The van der Waals surface area contributed by atoms with E-state index in [-0.39, 0.29) is 17.7 Å². The molecule has 0 heterocycles. The fourth-order valence-corrected chi connectivity index (χ4v) is 4.31. The lowest BCUT2D eigenvalue weighted by molar-refractivity contribution is -0.318. The van der Waals surface area contributed by atoms with Gasteiger partial charge in [0.05, 0.1) is 14.2 Å². The van der Waals surface area contributed by atoms with Gasteiger partial charge in [0.2, 0.25) is 5.91 Å². The molecule has 0 spiro atoms. The summed E-state index contributed by atoms with van der Waals surface area (Å²) in [6, 6.07) is 5.10. The number of carboxylic acid groups (broad SMARTS) is 1. The van der Waals surface area contributed by atoms with Crippen molar-refractivity contribution < 1.29 is 24.2 Å². The zero-order valence-electron chi connectivity index (χ0n) is 13.9. The third kappa shape index (κ3) is 2.92. The van der Waals surface area contributed by atoms with E-state index in [4.69, 9.17) is 9.47 Å². The monoisotopic (exact) mass is 332 g/mol. The lowest BCUT2D eigenvalue weighted by Crippen LogP contribution is -2.52. The van der Waals surface area contributed by atoms with Crippen LogP contribution in [0.4, 0.5) is 5.69 Å². The summed E-state index contributed by atoms with van der Waals surface area (Å²) in [7, 11) is 3.06. The Labute approximate surface area is 141 Å². The fraction of sp³-hybridized carbons (Fsp3) is 0.556. The second-order valence-electron chi connectivity index (χ2n) is 6.60. The van der Waals surface area contributed by atoms with Gasteiger partial charge >= 0.3 is 0 Å². The summed E-state index contributed by atoms with van der Waals surface area (Å²) in [6.45, 7) is 0. The van der Waals surface area contributed by atoms with Crippen LogP contribution in [-0.4, -0.2) is 26.1 Å². The summed E-state index contributed by atoms with van der Waals surface area (Å²) in [5.41, 5.74) is 0.566. The van der Waals surface area contributed by atoms with Crippen LogP contribution in [0.15, 0.2) is 18.2 Å². The Morgan fingerprint density at radius 1 is 1.00 bits per heavy atom. The summed E-state index contributed by atoms with van der Waals surface area (Å²) < 4.78 is 10.4. The molecular formula is C18H22NO5-. The van der Waals surface area contributed by atoms with Gasteiger partial charge in [0.1, 0.15) is 0 Å². The number of amides is 1. The van der Waals surface area contributed by atoms with E-state index in [0.29, 0.717) is 17.2 Å². The fourth-order valence-electron chi connectivity index (χ4n) is 4.31. The molecule has 3 aliphatic rings. The predicted molar refractivity (Wildman–Crippen MR) is 85.6 cm³/mol. The van der Waals surface area contributed by atoms with Gasteiger partial charge in [0, 0.05) is 29.6 Å². The maximum atomic E-state index is 12.8. The number of rotatable bonds is 5.